The molecule has 2 aromatic rings. The molecule has 0 bridgehead atoms. The number of β-amino-alcohol motifs (C(OH)–C–C–N with tert-alkyl or cyclic N) is 1. The molecule has 1 fully saturated rings. The highest BCUT2D eigenvalue weighted by Crippen LogP contribution is 2.18. The van der Waals surface area contributed by atoms with Crippen LogP contribution in [-0.2, 0) is 0 Å². The van der Waals surface area contributed by atoms with Crippen LogP contribution in [0.4, 0.5) is 0 Å². The number of nitrogens with zero attached hydrogens (tertiary/aromatic N) is 2. The van der Waals surface area contributed by atoms with Crippen LogP contribution in [0.2, 0.25) is 5.02 Å². The minimum absolute atomic E-state index is 0.0145. The maximum atomic E-state index is 12.6. The molecule has 1 heterocycles. The third kappa shape index (κ3) is 6.35. The molecule has 1 amide bonds. The van der Waals surface area contributed by atoms with E-state index in [1.807, 2.05) is 36.1 Å². The standard InChI is InChI=1S/C22H27ClN2O4/c1-2-28-20-7-9-21(10-8-20)29-16-19(26)15-24-11-13-25(14-12-24)22(27)17-3-5-18(23)6-4-17/h3-10,19,26H,2,11-16H2,1H3. The van der Waals surface area contributed by atoms with Crippen molar-refractivity contribution in [3.05, 3.63) is 59.1 Å². The Morgan fingerprint density at radius 1 is 1.00 bits per heavy atom. The fourth-order valence-electron chi connectivity index (χ4n) is 3.25. The lowest BCUT2D eigenvalue weighted by atomic mass is 10.2. The van der Waals surface area contributed by atoms with E-state index in [2.05, 4.69) is 4.90 Å². The fraction of sp³-hybridized carbons (Fsp3) is 0.409. The summed E-state index contributed by atoms with van der Waals surface area (Å²) in [5.41, 5.74) is 0.645. The predicted octanol–water partition coefficient (Wildman–Crippen LogP) is 2.94. The van der Waals surface area contributed by atoms with Crippen molar-refractivity contribution in [3.8, 4) is 11.5 Å². The van der Waals surface area contributed by atoms with Crippen LogP contribution in [-0.4, -0.2) is 72.9 Å². The lowest BCUT2D eigenvalue weighted by Crippen LogP contribution is -2.50. The number of hydrogen-bond acceptors (Lipinski definition) is 5. The molecule has 1 atom stereocenters. The Bertz CT molecular complexity index is 774. The van der Waals surface area contributed by atoms with Crippen molar-refractivity contribution in [3.63, 3.8) is 0 Å². The summed E-state index contributed by atoms with van der Waals surface area (Å²) in [6.45, 7) is 6.00. The summed E-state index contributed by atoms with van der Waals surface area (Å²) < 4.78 is 11.1. The summed E-state index contributed by atoms with van der Waals surface area (Å²) in [4.78, 5) is 16.5. The Labute approximate surface area is 176 Å². The van der Waals surface area contributed by atoms with Crippen molar-refractivity contribution in [1.29, 1.82) is 0 Å². The Morgan fingerprint density at radius 2 is 1.59 bits per heavy atom. The molecule has 7 heteroatoms. The molecule has 3 rings (SSSR count). The highest BCUT2D eigenvalue weighted by atomic mass is 35.5. The molecule has 0 aromatic heterocycles. The van der Waals surface area contributed by atoms with Gasteiger partial charge >= 0.3 is 0 Å². The van der Waals surface area contributed by atoms with E-state index < -0.39 is 6.10 Å². The first-order chi connectivity index (χ1) is 14.0. The van der Waals surface area contributed by atoms with Gasteiger partial charge in [0.05, 0.1) is 6.61 Å². The highest BCUT2D eigenvalue weighted by molar-refractivity contribution is 6.30. The van der Waals surface area contributed by atoms with Crippen LogP contribution >= 0.6 is 11.6 Å². The molecule has 2 aromatic carbocycles. The van der Waals surface area contributed by atoms with Crippen LogP contribution in [0.3, 0.4) is 0 Å². The Hall–Kier alpha value is -2.28. The van der Waals surface area contributed by atoms with Gasteiger partial charge in [-0.05, 0) is 55.5 Å². The molecule has 0 radical (unpaired) electrons. The van der Waals surface area contributed by atoms with Gasteiger partial charge in [0.25, 0.3) is 5.91 Å². The molecule has 1 saturated heterocycles. The number of benzene rings is 2. The van der Waals surface area contributed by atoms with E-state index >= 15 is 0 Å². The van der Waals surface area contributed by atoms with Gasteiger partial charge in [0.1, 0.15) is 24.2 Å². The molecule has 0 spiro atoms. The van der Waals surface area contributed by atoms with Gasteiger partial charge in [-0.2, -0.15) is 0 Å². The largest absolute Gasteiger partial charge is 0.494 e. The van der Waals surface area contributed by atoms with Gasteiger partial charge in [0, 0.05) is 43.3 Å². The molecule has 1 aliphatic heterocycles. The van der Waals surface area contributed by atoms with Crippen LogP contribution < -0.4 is 9.47 Å². The zero-order valence-electron chi connectivity index (χ0n) is 16.6. The van der Waals surface area contributed by atoms with Crippen LogP contribution in [0, 0.1) is 0 Å². The minimum atomic E-state index is -0.597. The number of ether oxygens (including phenoxy) is 2. The molecule has 0 saturated carbocycles. The number of carbonyl (C=O) groups is 1. The number of rotatable bonds is 8. The van der Waals surface area contributed by atoms with E-state index in [1.54, 1.807) is 24.3 Å². The normalized spacial score (nSPS) is 15.8. The molecule has 1 unspecified atom stereocenters. The van der Waals surface area contributed by atoms with E-state index in [1.165, 1.54) is 0 Å². The molecule has 1 aliphatic rings. The quantitative estimate of drug-likeness (QED) is 0.714. The average Bonchev–Trinajstić information content (AvgIpc) is 2.74. The Kier molecular flexibility index (Phi) is 7.75. The van der Waals surface area contributed by atoms with Crippen molar-refractivity contribution in [2.45, 2.75) is 13.0 Å². The number of carbonyl (C=O) groups excluding carboxylic acids is 1. The van der Waals surface area contributed by atoms with Gasteiger partial charge in [-0.25, -0.2) is 0 Å². The summed E-state index contributed by atoms with van der Waals surface area (Å²) in [7, 11) is 0. The molecule has 6 nitrogen and oxygen atoms in total. The lowest BCUT2D eigenvalue weighted by Gasteiger charge is -2.35. The lowest BCUT2D eigenvalue weighted by molar-refractivity contribution is 0.0403. The van der Waals surface area contributed by atoms with Crippen molar-refractivity contribution < 1.29 is 19.4 Å². The first-order valence-electron chi connectivity index (χ1n) is 9.86. The molecular formula is C22H27ClN2O4. The van der Waals surface area contributed by atoms with Gasteiger partial charge < -0.3 is 19.5 Å². The molecule has 156 valence electrons. The zero-order chi connectivity index (χ0) is 20.6. The first-order valence-corrected chi connectivity index (χ1v) is 10.2. The van der Waals surface area contributed by atoms with Gasteiger partial charge in [0.15, 0.2) is 0 Å². The van der Waals surface area contributed by atoms with E-state index in [0.29, 0.717) is 42.6 Å². The van der Waals surface area contributed by atoms with E-state index in [9.17, 15) is 9.90 Å². The number of aliphatic hydroxyl groups excluding tert-OH is 1. The van der Waals surface area contributed by atoms with Gasteiger partial charge in [-0.3, -0.25) is 9.69 Å². The van der Waals surface area contributed by atoms with Crippen molar-refractivity contribution in [2.75, 3.05) is 45.9 Å². The average molecular weight is 419 g/mol. The molecule has 0 aliphatic carbocycles. The smallest absolute Gasteiger partial charge is 0.253 e. The third-order valence-electron chi connectivity index (χ3n) is 4.80. The van der Waals surface area contributed by atoms with Crippen LogP contribution in [0.25, 0.3) is 0 Å². The third-order valence-corrected chi connectivity index (χ3v) is 5.05. The van der Waals surface area contributed by atoms with E-state index in [4.69, 9.17) is 21.1 Å². The second kappa shape index (κ2) is 10.5. The number of amides is 1. The molecule has 1 N–H and O–H groups in total. The first kappa shape index (κ1) is 21.4. The van der Waals surface area contributed by atoms with Gasteiger partial charge in [-0.15, -0.1) is 0 Å². The Balaban J connectivity index is 1.39. The van der Waals surface area contributed by atoms with E-state index in [-0.39, 0.29) is 12.5 Å². The van der Waals surface area contributed by atoms with Crippen molar-refractivity contribution in [1.82, 2.24) is 9.80 Å². The van der Waals surface area contributed by atoms with Crippen LogP contribution in [0.1, 0.15) is 17.3 Å². The highest BCUT2D eigenvalue weighted by Gasteiger charge is 2.23. The SMILES string of the molecule is CCOc1ccc(OCC(O)CN2CCN(C(=O)c3ccc(Cl)cc3)CC2)cc1. The minimum Gasteiger partial charge on any atom is -0.494 e. The summed E-state index contributed by atoms with van der Waals surface area (Å²) in [5.74, 6) is 1.51. The summed E-state index contributed by atoms with van der Waals surface area (Å²) >= 11 is 5.88. The van der Waals surface area contributed by atoms with Gasteiger partial charge in [0.2, 0.25) is 0 Å². The number of piperazine rings is 1. The Morgan fingerprint density at radius 3 is 2.17 bits per heavy atom. The predicted molar refractivity (Wildman–Crippen MR) is 113 cm³/mol. The molecular weight excluding hydrogens is 392 g/mol. The molecule has 29 heavy (non-hydrogen) atoms. The van der Waals surface area contributed by atoms with Crippen molar-refractivity contribution in [2.24, 2.45) is 0 Å². The van der Waals surface area contributed by atoms with Gasteiger partial charge in [-0.1, -0.05) is 11.6 Å². The topological polar surface area (TPSA) is 62.2 Å². The zero-order valence-corrected chi connectivity index (χ0v) is 17.3. The van der Waals surface area contributed by atoms with Crippen LogP contribution in [0.5, 0.6) is 11.5 Å². The summed E-state index contributed by atoms with van der Waals surface area (Å²) in [6.07, 6.45) is -0.597. The number of hydrogen-bond donors (Lipinski definition) is 1. The second-order valence-corrected chi connectivity index (χ2v) is 7.41. The fourth-order valence-corrected chi connectivity index (χ4v) is 3.38. The van der Waals surface area contributed by atoms with Crippen LogP contribution in [0.15, 0.2) is 48.5 Å². The number of aliphatic hydroxyl groups is 1. The second-order valence-electron chi connectivity index (χ2n) is 6.97. The summed E-state index contributed by atoms with van der Waals surface area (Å²) in [5, 5.41) is 10.9. The van der Waals surface area contributed by atoms with Crippen molar-refractivity contribution >= 4 is 17.5 Å². The number of halogens is 1. The van der Waals surface area contributed by atoms with E-state index in [0.717, 1.165) is 18.8 Å². The maximum Gasteiger partial charge on any atom is 0.253 e. The monoisotopic (exact) mass is 418 g/mol. The maximum absolute atomic E-state index is 12.6. The summed E-state index contributed by atoms with van der Waals surface area (Å²) in [6, 6.07) is 14.3.